The number of carbonyl (C=O) groups is 1. The fourth-order valence-corrected chi connectivity index (χ4v) is 4.26. The zero-order valence-corrected chi connectivity index (χ0v) is 12.9. The molecule has 1 saturated carbocycles. The van der Waals surface area contributed by atoms with E-state index in [9.17, 15) is 4.79 Å². The zero-order chi connectivity index (χ0) is 15.1. The molecule has 1 aliphatic carbocycles. The number of amides is 1. The normalized spacial score (nSPS) is 26.3. The number of aromatic nitrogens is 1. The van der Waals surface area contributed by atoms with Gasteiger partial charge < -0.3 is 16.4 Å². The van der Waals surface area contributed by atoms with Crippen LogP contribution in [0.2, 0.25) is 0 Å². The molecule has 3 unspecified atom stereocenters. The predicted octanol–water partition coefficient (Wildman–Crippen LogP) is 1.87. The van der Waals surface area contributed by atoms with E-state index < -0.39 is 0 Å². The number of hydrogen-bond acceptors (Lipinski definition) is 5. The molecule has 2 bridgehead atoms. The van der Waals surface area contributed by atoms with E-state index in [4.69, 9.17) is 5.73 Å². The minimum absolute atomic E-state index is 0.0577. The molecule has 6 heteroatoms. The van der Waals surface area contributed by atoms with Gasteiger partial charge in [-0.3, -0.25) is 4.79 Å². The fourth-order valence-electron chi connectivity index (χ4n) is 3.45. The van der Waals surface area contributed by atoms with E-state index >= 15 is 0 Å². The average Bonchev–Trinajstić information content (AvgIpc) is 3.23. The standard InChI is InChI=1S/C16H18N4OS/c17-11-3-1-2-9(4-11)14-8-19-16(22-14)15(21)20-13-6-12-5-10(13)7-18-12/h1-4,8,10,12-13,18H,5-7,17H2,(H,20,21). The Morgan fingerprint density at radius 2 is 2.32 bits per heavy atom. The van der Waals surface area contributed by atoms with Crippen molar-refractivity contribution in [1.82, 2.24) is 15.6 Å². The molecular weight excluding hydrogens is 296 g/mol. The highest BCUT2D eigenvalue weighted by Gasteiger charge is 2.40. The van der Waals surface area contributed by atoms with Gasteiger partial charge in [-0.2, -0.15) is 0 Å². The monoisotopic (exact) mass is 314 g/mol. The van der Waals surface area contributed by atoms with E-state index in [-0.39, 0.29) is 5.91 Å². The SMILES string of the molecule is Nc1cccc(-c2cnc(C(=O)NC3CC4CC3CN4)s2)c1. The van der Waals surface area contributed by atoms with Crippen molar-refractivity contribution >= 4 is 22.9 Å². The Bertz CT molecular complexity index is 714. The second-order valence-electron chi connectivity index (χ2n) is 6.07. The predicted molar refractivity (Wildman–Crippen MR) is 87.7 cm³/mol. The molecule has 2 fully saturated rings. The molecule has 1 aromatic heterocycles. The van der Waals surface area contributed by atoms with Gasteiger partial charge in [-0.15, -0.1) is 11.3 Å². The van der Waals surface area contributed by atoms with Crippen molar-refractivity contribution < 1.29 is 4.79 Å². The Balaban J connectivity index is 1.48. The highest BCUT2D eigenvalue weighted by Crippen LogP contribution is 2.32. The smallest absolute Gasteiger partial charge is 0.280 e. The molecule has 2 aromatic rings. The van der Waals surface area contributed by atoms with Crippen LogP contribution in [-0.2, 0) is 0 Å². The molecule has 1 aromatic carbocycles. The van der Waals surface area contributed by atoms with Crippen LogP contribution in [0.3, 0.4) is 0 Å². The van der Waals surface area contributed by atoms with Crippen molar-refractivity contribution in [3.8, 4) is 10.4 Å². The van der Waals surface area contributed by atoms with Crippen LogP contribution in [0.25, 0.3) is 10.4 Å². The van der Waals surface area contributed by atoms with Crippen LogP contribution in [0.15, 0.2) is 30.5 Å². The number of hydrogen-bond donors (Lipinski definition) is 3. The first-order chi connectivity index (χ1) is 10.7. The van der Waals surface area contributed by atoms with Crippen LogP contribution in [0.4, 0.5) is 5.69 Å². The Kier molecular flexibility index (Phi) is 3.35. The average molecular weight is 314 g/mol. The maximum Gasteiger partial charge on any atom is 0.280 e. The minimum atomic E-state index is -0.0577. The number of thiazole rings is 1. The van der Waals surface area contributed by atoms with Gasteiger partial charge in [0.2, 0.25) is 0 Å². The first kappa shape index (κ1) is 13.7. The third-order valence-corrected chi connectivity index (χ3v) is 5.60. The van der Waals surface area contributed by atoms with Crippen molar-refractivity contribution in [3.63, 3.8) is 0 Å². The summed E-state index contributed by atoms with van der Waals surface area (Å²) in [5.74, 6) is 0.514. The minimum Gasteiger partial charge on any atom is -0.399 e. The van der Waals surface area contributed by atoms with Crippen LogP contribution in [-0.4, -0.2) is 29.5 Å². The van der Waals surface area contributed by atoms with Crippen molar-refractivity contribution in [2.75, 3.05) is 12.3 Å². The molecule has 2 aliphatic rings. The number of fused-ring (bicyclic) bond motifs is 2. The van der Waals surface area contributed by atoms with E-state index in [0.717, 1.165) is 23.4 Å². The number of nitrogens with one attached hydrogen (secondary N) is 2. The van der Waals surface area contributed by atoms with Gasteiger partial charge in [0.15, 0.2) is 5.01 Å². The molecule has 5 nitrogen and oxygen atoms in total. The maximum atomic E-state index is 12.4. The number of carbonyl (C=O) groups excluding carboxylic acids is 1. The van der Waals surface area contributed by atoms with Gasteiger partial charge in [0.1, 0.15) is 0 Å². The first-order valence-electron chi connectivity index (χ1n) is 7.55. The summed E-state index contributed by atoms with van der Waals surface area (Å²) >= 11 is 1.41. The highest BCUT2D eigenvalue weighted by molar-refractivity contribution is 7.17. The summed E-state index contributed by atoms with van der Waals surface area (Å²) in [6, 6.07) is 8.51. The number of rotatable bonds is 3. The largest absolute Gasteiger partial charge is 0.399 e. The lowest BCUT2D eigenvalue weighted by Gasteiger charge is -2.22. The molecule has 1 aliphatic heterocycles. The summed E-state index contributed by atoms with van der Waals surface area (Å²) < 4.78 is 0. The van der Waals surface area contributed by atoms with Crippen LogP contribution < -0.4 is 16.4 Å². The molecule has 114 valence electrons. The van der Waals surface area contributed by atoms with Crippen LogP contribution >= 0.6 is 11.3 Å². The third-order valence-electron chi connectivity index (χ3n) is 4.55. The van der Waals surface area contributed by atoms with Crippen LogP contribution in [0.1, 0.15) is 22.6 Å². The molecule has 2 heterocycles. The first-order valence-corrected chi connectivity index (χ1v) is 8.36. The topological polar surface area (TPSA) is 80.0 Å². The quantitative estimate of drug-likeness (QED) is 0.756. The van der Waals surface area contributed by atoms with Crippen LogP contribution in [0, 0.1) is 5.92 Å². The van der Waals surface area contributed by atoms with E-state index in [1.54, 1.807) is 6.20 Å². The molecule has 4 rings (SSSR count). The number of nitrogens with two attached hydrogens (primary N) is 1. The van der Waals surface area contributed by atoms with E-state index in [1.165, 1.54) is 17.8 Å². The van der Waals surface area contributed by atoms with Gasteiger partial charge in [0, 0.05) is 30.5 Å². The molecule has 1 saturated heterocycles. The summed E-state index contributed by atoms with van der Waals surface area (Å²) in [4.78, 5) is 17.6. The molecule has 4 N–H and O–H groups in total. The highest BCUT2D eigenvalue weighted by atomic mass is 32.1. The number of benzene rings is 1. The van der Waals surface area contributed by atoms with Crippen molar-refractivity contribution in [1.29, 1.82) is 0 Å². The lowest BCUT2D eigenvalue weighted by atomic mass is 10.0. The van der Waals surface area contributed by atoms with E-state index in [1.807, 2.05) is 24.3 Å². The summed E-state index contributed by atoms with van der Waals surface area (Å²) in [7, 11) is 0. The van der Waals surface area contributed by atoms with E-state index in [2.05, 4.69) is 15.6 Å². The van der Waals surface area contributed by atoms with E-state index in [0.29, 0.717) is 28.7 Å². The zero-order valence-electron chi connectivity index (χ0n) is 12.1. The molecule has 3 atom stereocenters. The van der Waals surface area contributed by atoms with Gasteiger partial charge >= 0.3 is 0 Å². The molecular formula is C16H18N4OS. The number of piperidine rings is 1. The van der Waals surface area contributed by atoms with Crippen LogP contribution in [0.5, 0.6) is 0 Å². The molecule has 0 spiro atoms. The number of nitrogen functional groups attached to an aromatic ring is 1. The van der Waals surface area contributed by atoms with Crippen molar-refractivity contribution in [2.24, 2.45) is 5.92 Å². The fraction of sp³-hybridized carbons (Fsp3) is 0.375. The van der Waals surface area contributed by atoms with Gasteiger partial charge in [0.25, 0.3) is 5.91 Å². The Morgan fingerprint density at radius 1 is 1.41 bits per heavy atom. The number of nitrogens with zero attached hydrogens (tertiary/aromatic N) is 1. The summed E-state index contributed by atoms with van der Waals surface area (Å²) in [6.45, 7) is 1.02. The molecule has 1 amide bonds. The lowest BCUT2D eigenvalue weighted by molar-refractivity contribution is 0.0924. The Morgan fingerprint density at radius 3 is 3.05 bits per heavy atom. The lowest BCUT2D eigenvalue weighted by Crippen LogP contribution is -2.44. The number of anilines is 1. The molecule has 22 heavy (non-hydrogen) atoms. The third kappa shape index (κ3) is 2.48. The summed E-state index contributed by atoms with van der Waals surface area (Å²) in [6.07, 6.45) is 3.96. The van der Waals surface area contributed by atoms with Gasteiger partial charge in [-0.25, -0.2) is 4.98 Å². The van der Waals surface area contributed by atoms with Crippen molar-refractivity contribution in [2.45, 2.75) is 24.9 Å². The van der Waals surface area contributed by atoms with Gasteiger partial charge in [0.05, 0.1) is 4.88 Å². The van der Waals surface area contributed by atoms with Crippen molar-refractivity contribution in [3.05, 3.63) is 35.5 Å². The molecule has 0 radical (unpaired) electrons. The van der Waals surface area contributed by atoms with Gasteiger partial charge in [-0.1, -0.05) is 12.1 Å². The Labute approximate surface area is 132 Å². The second-order valence-corrected chi connectivity index (χ2v) is 7.10. The second kappa shape index (κ2) is 5.37. The maximum absolute atomic E-state index is 12.4. The summed E-state index contributed by atoms with van der Waals surface area (Å²) in [5.41, 5.74) is 7.52. The summed E-state index contributed by atoms with van der Waals surface area (Å²) in [5, 5.41) is 7.12. The Hall–Kier alpha value is -1.92. The van der Waals surface area contributed by atoms with Gasteiger partial charge in [-0.05, 0) is 36.5 Å².